The molecule has 15 nitrogen and oxygen atoms in total. The Hall–Kier alpha value is -4.92. The van der Waals surface area contributed by atoms with E-state index in [-0.39, 0.29) is 25.2 Å². The lowest BCUT2D eigenvalue weighted by Crippen LogP contribution is -2.58. The molecule has 3 aromatic rings. The maximum Gasteiger partial charge on any atom is 0.326 e. The van der Waals surface area contributed by atoms with E-state index in [1.165, 1.54) is 12.5 Å². The molecule has 3 amide bonds. The Morgan fingerprint density at radius 2 is 1.65 bits per heavy atom. The van der Waals surface area contributed by atoms with Crippen molar-refractivity contribution in [3.05, 3.63) is 54.2 Å². The molecule has 43 heavy (non-hydrogen) atoms. The number of H-pyrrole nitrogens is 2. The minimum Gasteiger partial charge on any atom is -0.480 e. The highest BCUT2D eigenvalue weighted by atomic mass is 16.4. The first-order valence-corrected chi connectivity index (χ1v) is 13.9. The molecule has 15 heteroatoms. The van der Waals surface area contributed by atoms with E-state index < -0.39 is 53.8 Å². The summed E-state index contributed by atoms with van der Waals surface area (Å²) < 4.78 is 0. The number of rotatable bonds is 16. The minimum absolute atomic E-state index is 0.0312. The molecular weight excluding hydrogens is 556 g/mol. The van der Waals surface area contributed by atoms with Crippen LogP contribution in [-0.4, -0.2) is 80.4 Å². The molecule has 2 aromatic heterocycles. The summed E-state index contributed by atoms with van der Waals surface area (Å²) in [5, 5.41) is 18.4. The fourth-order valence-electron chi connectivity index (χ4n) is 4.52. The second-order valence-corrected chi connectivity index (χ2v) is 10.6. The van der Waals surface area contributed by atoms with Gasteiger partial charge in [0.25, 0.3) is 0 Å². The Morgan fingerprint density at radius 3 is 2.30 bits per heavy atom. The van der Waals surface area contributed by atoms with E-state index in [0.717, 1.165) is 16.5 Å². The summed E-state index contributed by atoms with van der Waals surface area (Å²) in [4.78, 5) is 65.8. The lowest BCUT2D eigenvalue weighted by atomic mass is 10.0. The van der Waals surface area contributed by atoms with Gasteiger partial charge >= 0.3 is 5.97 Å². The molecule has 0 saturated heterocycles. The van der Waals surface area contributed by atoms with Gasteiger partial charge in [0.1, 0.15) is 18.1 Å². The van der Waals surface area contributed by atoms with E-state index in [4.69, 9.17) is 17.2 Å². The number of aliphatic imine (C=N–C) groups is 1. The molecule has 2 heterocycles. The van der Waals surface area contributed by atoms with Crippen molar-refractivity contribution in [2.24, 2.45) is 28.1 Å². The van der Waals surface area contributed by atoms with E-state index >= 15 is 0 Å². The first-order chi connectivity index (χ1) is 20.5. The van der Waals surface area contributed by atoms with Gasteiger partial charge in [-0.2, -0.15) is 0 Å². The molecule has 12 N–H and O–H groups in total. The van der Waals surface area contributed by atoms with Crippen molar-refractivity contribution in [2.45, 2.75) is 63.7 Å². The van der Waals surface area contributed by atoms with Gasteiger partial charge in [-0.25, -0.2) is 9.78 Å². The smallest absolute Gasteiger partial charge is 0.326 e. The van der Waals surface area contributed by atoms with Gasteiger partial charge in [0, 0.05) is 48.4 Å². The van der Waals surface area contributed by atoms with Gasteiger partial charge in [0.15, 0.2) is 5.96 Å². The number of carbonyl (C=O) groups excluding carboxylic acids is 3. The first-order valence-electron chi connectivity index (χ1n) is 13.9. The molecule has 0 spiro atoms. The Balaban J connectivity index is 1.82. The second-order valence-electron chi connectivity index (χ2n) is 10.6. The molecule has 0 aliphatic heterocycles. The van der Waals surface area contributed by atoms with Crippen molar-refractivity contribution in [1.82, 2.24) is 30.9 Å². The van der Waals surface area contributed by atoms with Crippen LogP contribution in [0, 0.1) is 5.92 Å². The van der Waals surface area contributed by atoms with Gasteiger partial charge in [-0.3, -0.25) is 19.4 Å². The molecule has 0 saturated carbocycles. The number of para-hydroxylation sites is 1. The van der Waals surface area contributed by atoms with Crippen molar-refractivity contribution < 1.29 is 24.3 Å². The molecule has 0 bridgehead atoms. The monoisotopic (exact) mass is 596 g/mol. The average molecular weight is 597 g/mol. The van der Waals surface area contributed by atoms with Gasteiger partial charge in [0.05, 0.1) is 12.4 Å². The molecule has 232 valence electrons. The van der Waals surface area contributed by atoms with Crippen LogP contribution in [-0.2, 0) is 32.0 Å². The molecule has 0 aliphatic carbocycles. The highest BCUT2D eigenvalue weighted by Gasteiger charge is 2.32. The van der Waals surface area contributed by atoms with Crippen LogP contribution in [0.1, 0.15) is 37.9 Å². The topological polar surface area (TPSA) is 259 Å². The number of carbonyl (C=O) groups is 4. The van der Waals surface area contributed by atoms with E-state index in [2.05, 4.69) is 35.9 Å². The van der Waals surface area contributed by atoms with Crippen molar-refractivity contribution in [3.8, 4) is 0 Å². The van der Waals surface area contributed by atoms with Crippen molar-refractivity contribution in [3.63, 3.8) is 0 Å². The third-order valence-electron chi connectivity index (χ3n) is 6.88. The number of nitrogens with zero attached hydrogens (tertiary/aromatic N) is 2. The number of aromatic amines is 2. The summed E-state index contributed by atoms with van der Waals surface area (Å²) in [6, 6.07) is 3.05. The zero-order chi connectivity index (χ0) is 31.5. The quantitative estimate of drug-likeness (QED) is 0.0571. The standard InChI is InChI=1S/C28H40N10O5/c1-15(2)23(27(42)43)38-26(41)21(10-16-12-34-20-8-4-3-6-18(16)20)37-25(40)22(11-17-13-32-14-35-17)36-24(39)19(29)7-5-9-33-28(30)31/h3-4,6,8,12-15,19,21-23,34H,5,7,9-11,29H2,1-2H3,(H,32,35)(H,36,39)(H,37,40)(H,38,41)(H,42,43)(H4,30,31,33). The van der Waals surface area contributed by atoms with Gasteiger partial charge in [0.2, 0.25) is 17.7 Å². The number of carboxylic acid groups (broad SMARTS) is 1. The van der Waals surface area contributed by atoms with Crippen molar-refractivity contribution in [1.29, 1.82) is 0 Å². The summed E-state index contributed by atoms with van der Waals surface area (Å²) in [5.41, 5.74) is 18.9. The number of hydrogen-bond donors (Lipinski definition) is 9. The summed E-state index contributed by atoms with van der Waals surface area (Å²) in [6.45, 7) is 3.63. The molecule has 0 fully saturated rings. The third-order valence-corrected chi connectivity index (χ3v) is 6.88. The maximum absolute atomic E-state index is 13.7. The zero-order valence-electron chi connectivity index (χ0n) is 24.2. The molecule has 3 rings (SSSR count). The van der Waals surface area contributed by atoms with E-state index in [9.17, 15) is 24.3 Å². The highest BCUT2D eigenvalue weighted by Crippen LogP contribution is 2.19. The number of nitrogens with two attached hydrogens (primary N) is 3. The Bertz CT molecular complexity index is 1410. The van der Waals surface area contributed by atoms with Crippen LogP contribution in [0.25, 0.3) is 10.9 Å². The van der Waals surface area contributed by atoms with Crippen LogP contribution in [0.4, 0.5) is 0 Å². The van der Waals surface area contributed by atoms with Crippen LogP contribution in [0.5, 0.6) is 0 Å². The minimum atomic E-state index is -1.20. The molecular formula is C28H40N10O5. The Kier molecular flexibility index (Phi) is 11.6. The number of aromatic nitrogens is 3. The number of guanidine groups is 1. The Morgan fingerprint density at radius 1 is 0.977 bits per heavy atom. The predicted molar refractivity (Wildman–Crippen MR) is 160 cm³/mol. The van der Waals surface area contributed by atoms with Crippen LogP contribution in [0.3, 0.4) is 0 Å². The molecule has 4 atom stereocenters. The summed E-state index contributed by atoms with van der Waals surface area (Å²) in [7, 11) is 0. The first kappa shape index (κ1) is 32.6. The SMILES string of the molecule is CC(C)C(NC(=O)C(Cc1c[nH]c2ccccc12)NC(=O)C(Cc1cnc[nH]1)NC(=O)C(N)CCCN=C(N)N)C(=O)O. The average Bonchev–Trinajstić information content (AvgIpc) is 3.62. The van der Waals surface area contributed by atoms with Gasteiger partial charge < -0.3 is 48.2 Å². The number of nitrogens with one attached hydrogen (secondary N) is 5. The van der Waals surface area contributed by atoms with Crippen LogP contribution < -0.4 is 33.2 Å². The number of hydrogen-bond acceptors (Lipinski definition) is 7. The predicted octanol–water partition coefficient (Wildman–Crippen LogP) is -0.748. The Labute approximate surface area is 248 Å². The van der Waals surface area contributed by atoms with Crippen LogP contribution >= 0.6 is 0 Å². The number of imidazole rings is 1. The van der Waals surface area contributed by atoms with E-state index in [1.807, 2.05) is 24.3 Å². The number of fused-ring (bicyclic) bond motifs is 1. The molecule has 0 radical (unpaired) electrons. The summed E-state index contributed by atoms with van der Waals surface area (Å²) in [5.74, 6) is -3.59. The van der Waals surface area contributed by atoms with Gasteiger partial charge in [-0.1, -0.05) is 32.0 Å². The number of carboxylic acids is 1. The van der Waals surface area contributed by atoms with E-state index in [1.54, 1.807) is 20.0 Å². The summed E-state index contributed by atoms with van der Waals surface area (Å²) >= 11 is 0. The second kappa shape index (κ2) is 15.3. The largest absolute Gasteiger partial charge is 0.480 e. The number of benzene rings is 1. The molecule has 1 aromatic carbocycles. The zero-order valence-corrected chi connectivity index (χ0v) is 24.2. The third kappa shape index (κ3) is 9.56. The van der Waals surface area contributed by atoms with Gasteiger partial charge in [-0.05, 0) is 30.4 Å². The molecule has 0 aliphatic rings. The lowest BCUT2D eigenvalue weighted by molar-refractivity contribution is -0.143. The van der Waals surface area contributed by atoms with E-state index in [0.29, 0.717) is 18.7 Å². The normalized spacial score (nSPS) is 14.0. The number of amides is 3. The fourth-order valence-corrected chi connectivity index (χ4v) is 4.52. The lowest BCUT2D eigenvalue weighted by Gasteiger charge is -2.26. The van der Waals surface area contributed by atoms with Crippen LogP contribution in [0.15, 0.2) is 48.0 Å². The highest BCUT2D eigenvalue weighted by molar-refractivity contribution is 5.95. The maximum atomic E-state index is 13.7. The number of aliphatic carboxylic acids is 1. The summed E-state index contributed by atoms with van der Waals surface area (Å²) in [6.07, 6.45) is 5.48. The molecule has 4 unspecified atom stereocenters. The van der Waals surface area contributed by atoms with Gasteiger partial charge in [-0.15, -0.1) is 0 Å². The van der Waals surface area contributed by atoms with Crippen molar-refractivity contribution in [2.75, 3.05) is 6.54 Å². The fraction of sp³-hybridized carbons (Fsp3) is 0.429. The van der Waals surface area contributed by atoms with Crippen molar-refractivity contribution >= 4 is 40.6 Å². The van der Waals surface area contributed by atoms with Crippen LogP contribution in [0.2, 0.25) is 0 Å².